The summed E-state index contributed by atoms with van der Waals surface area (Å²) in [6.45, 7) is 2.46. The Kier molecular flexibility index (Phi) is 5.49. The third-order valence-corrected chi connectivity index (χ3v) is 5.49. The van der Waals surface area contributed by atoms with Gasteiger partial charge in [-0.2, -0.15) is 0 Å². The van der Waals surface area contributed by atoms with Crippen molar-refractivity contribution in [3.8, 4) is 5.75 Å². The number of fused-ring (bicyclic) bond motifs is 3. The molecular formula is C20H21N5O4S. The predicted molar refractivity (Wildman–Crippen MR) is 115 cm³/mol. The molecule has 2 N–H and O–H groups in total. The van der Waals surface area contributed by atoms with Crippen molar-refractivity contribution in [3.63, 3.8) is 0 Å². The maximum absolute atomic E-state index is 13.0. The van der Waals surface area contributed by atoms with Gasteiger partial charge in [0.1, 0.15) is 11.9 Å². The molecule has 4 rings (SSSR count). The Balaban J connectivity index is 1.88. The molecule has 0 aromatic heterocycles. The smallest absolute Gasteiger partial charge is 0.270 e. The fraction of sp³-hybridized carbons (Fsp3) is 0.300. The standard InChI is InChI=1S/C20H21N5O4S/c1-3-10-29-16-9-8-12(25(27)28)11-14(16)18-21-15-7-5-4-6-13(15)17-19(26)22-20(30-2)23-24(17)18/h4-9,11,17-18,21H,3,10H2,1-2H3,(H,22,23,26)/t17-,18+/m1/s1. The lowest BCUT2D eigenvalue weighted by Crippen LogP contribution is -2.50. The van der Waals surface area contributed by atoms with Gasteiger partial charge >= 0.3 is 0 Å². The quantitative estimate of drug-likeness (QED) is 0.554. The number of hydrogen-bond donors (Lipinski definition) is 2. The number of ether oxygens (including phenoxy) is 1. The van der Waals surface area contributed by atoms with Gasteiger partial charge in [-0.25, -0.2) is 0 Å². The molecule has 0 radical (unpaired) electrons. The lowest BCUT2D eigenvalue weighted by molar-refractivity contribution is -0.385. The van der Waals surface area contributed by atoms with Crippen LogP contribution in [0.4, 0.5) is 11.4 Å². The highest BCUT2D eigenvalue weighted by Crippen LogP contribution is 2.45. The summed E-state index contributed by atoms with van der Waals surface area (Å²) in [5.41, 5.74) is 2.06. The number of rotatable bonds is 5. The number of carbonyl (C=O) groups is 1. The first-order valence-corrected chi connectivity index (χ1v) is 10.7. The van der Waals surface area contributed by atoms with Gasteiger partial charge in [0.05, 0.1) is 11.5 Å². The fourth-order valence-electron chi connectivity index (χ4n) is 3.57. The number of hydrogen-bond acceptors (Lipinski definition) is 8. The van der Waals surface area contributed by atoms with Crippen LogP contribution in [0.15, 0.2) is 47.6 Å². The van der Waals surface area contributed by atoms with Crippen molar-refractivity contribution in [1.82, 2.24) is 10.3 Å². The van der Waals surface area contributed by atoms with Crippen molar-refractivity contribution in [2.75, 3.05) is 18.2 Å². The number of amidine groups is 1. The number of benzene rings is 2. The number of nitrogens with one attached hydrogen (secondary N) is 2. The molecule has 0 saturated heterocycles. The average molecular weight is 427 g/mol. The van der Waals surface area contributed by atoms with E-state index in [1.54, 1.807) is 11.1 Å². The first-order valence-electron chi connectivity index (χ1n) is 9.52. The van der Waals surface area contributed by atoms with Crippen LogP contribution in [0, 0.1) is 10.1 Å². The first kappa shape index (κ1) is 20.0. The topological polar surface area (TPSA) is 109 Å². The SMILES string of the molecule is CCCOc1ccc([N+](=O)[O-])cc1[C@H]1Nc2ccccc2[C@@H]2C(=O)NC(SC)=NN12. The summed E-state index contributed by atoms with van der Waals surface area (Å²) in [6.07, 6.45) is 1.99. The molecule has 30 heavy (non-hydrogen) atoms. The highest BCUT2D eigenvalue weighted by molar-refractivity contribution is 8.13. The number of non-ortho nitro benzene ring substituents is 1. The highest BCUT2D eigenvalue weighted by atomic mass is 32.2. The molecule has 0 aliphatic carbocycles. The minimum absolute atomic E-state index is 0.0541. The first-order chi connectivity index (χ1) is 14.5. The van der Waals surface area contributed by atoms with Crippen LogP contribution in [-0.4, -0.2) is 33.9 Å². The van der Waals surface area contributed by atoms with Crippen LogP contribution >= 0.6 is 11.8 Å². The van der Waals surface area contributed by atoms with E-state index in [1.165, 1.54) is 23.9 Å². The second kappa shape index (κ2) is 8.23. The molecule has 2 aromatic carbocycles. The molecular weight excluding hydrogens is 406 g/mol. The zero-order valence-electron chi connectivity index (χ0n) is 16.5. The Bertz CT molecular complexity index is 1030. The Morgan fingerprint density at radius 1 is 1.27 bits per heavy atom. The van der Waals surface area contributed by atoms with E-state index >= 15 is 0 Å². The molecule has 2 aliphatic heterocycles. The monoisotopic (exact) mass is 427 g/mol. The van der Waals surface area contributed by atoms with Crippen LogP contribution in [0.2, 0.25) is 0 Å². The summed E-state index contributed by atoms with van der Waals surface area (Å²) >= 11 is 1.32. The van der Waals surface area contributed by atoms with Gasteiger partial charge in [0, 0.05) is 28.9 Å². The van der Waals surface area contributed by atoms with Gasteiger partial charge in [-0.15, -0.1) is 5.10 Å². The molecule has 2 aromatic rings. The summed E-state index contributed by atoms with van der Waals surface area (Å²) in [5, 5.41) is 24.4. The Hall–Kier alpha value is -3.27. The van der Waals surface area contributed by atoms with Crippen LogP contribution in [0.1, 0.15) is 36.7 Å². The lowest BCUT2D eigenvalue weighted by Gasteiger charge is -2.43. The average Bonchev–Trinajstić information content (AvgIpc) is 2.76. The molecule has 10 heteroatoms. The summed E-state index contributed by atoms with van der Waals surface area (Å²) < 4.78 is 5.88. The molecule has 9 nitrogen and oxygen atoms in total. The molecule has 0 spiro atoms. The van der Waals surface area contributed by atoms with Gasteiger partial charge in [0.15, 0.2) is 11.2 Å². The number of carbonyl (C=O) groups excluding carboxylic acids is 1. The fourth-order valence-corrected chi connectivity index (χ4v) is 3.95. The van der Waals surface area contributed by atoms with E-state index in [4.69, 9.17) is 4.74 Å². The summed E-state index contributed by atoms with van der Waals surface area (Å²) in [4.78, 5) is 23.9. The Morgan fingerprint density at radius 2 is 2.07 bits per heavy atom. The number of nitrogens with zero attached hydrogens (tertiary/aromatic N) is 3. The predicted octanol–water partition coefficient (Wildman–Crippen LogP) is 3.61. The largest absolute Gasteiger partial charge is 0.493 e. The van der Waals surface area contributed by atoms with Crippen molar-refractivity contribution in [3.05, 3.63) is 63.7 Å². The summed E-state index contributed by atoms with van der Waals surface area (Å²) in [5.74, 6) is 0.319. The zero-order valence-corrected chi connectivity index (χ0v) is 17.3. The van der Waals surface area contributed by atoms with E-state index < -0.39 is 17.1 Å². The highest BCUT2D eigenvalue weighted by Gasteiger charge is 2.43. The maximum atomic E-state index is 13.0. The normalized spacial score (nSPS) is 19.7. The minimum Gasteiger partial charge on any atom is -0.493 e. The van der Waals surface area contributed by atoms with Gasteiger partial charge in [0.2, 0.25) is 0 Å². The molecule has 1 amide bonds. The van der Waals surface area contributed by atoms with Crippen LogP contribution in [-0.2, 0) is 4.79 Å². The minimum atomic E-state index is -0.665. The van der Waals surface area contributed by atoms with E-state index in [0.717, 1.165) is 17.7 Å². The van der Waals surface area contributed by atoms with Crippen LogP contribution < -0.4 is 15.4 Å². The maximum Gasteiger partial charge on any atom is 0.270 e. The van der Waals surface area contributed by atoms with Gasteiger partial charge < -0.3 is 15.4 Å². The number of anilines is 1. The van der Waals surface area contributed by atoms with Crippen molar-refractivity contribution < 1.29 is 14.5 Å². The Labute approximate surface area is 177 Å². The van der Waals surface area contributed by atoms with Gasteiger partial charge in [-0.3, -0.25) is 19.9 Å². The van der Waals surface area contributed by atoms with Crippen LogP contribution in [0.5, 0.6) is 5.75 Å². The molecule has 0 saturated carbocycles. The van der Waals surface area contributed by atoms with Crippen molar-refractivity contribution >= 4 is 34.2 Å². The third kappa shape index (κ3) is 3.54. The van der Waals surface area contributed by atoms with Gasteiger partial charge in [0.25, 0.3) is 11.6 Å². The van der Waals surface area contributed by atoms with E-state index in [1.807, 2.05) is 37.4 Å². The number of amides is 1. The second-order valence-electron chi connectivity index (χ2n) is 6.84. The zero-order chi connectivity index (χ0) is 21.3. The van der Waals surface area contributed by atoms with Gasteiger partial charge in [-0.05, 0) is 24.8 Å². The Morgan fingerprint density at radius 3 is 2.80 bits per heavy atom. The second-order valence-corrected chi connectivity index (χ2v) is 7.64. The number of nitro groups is 1. The molecule has 2 atom stereocenters. The van der Waals surface area contributed by atoms with Crippen LogP contribution in [0.25, 0.3) is 0 Å². The number of nitro benzene ring substituents is 1. The molecule has 156 valence electrons. The lowest BCUT2D eigenvalue weighted by atomic mass is 9.96. The van der Waals surface area contributed by atoms with E-state index in [0.29, 0.717) is 23.1 Å². The van der Waals surface area contributed by atoms with Crippen molar-refractivity contribution in [2.24, 2.45) is 5.10 Å². The van der Waals surface area contributed by atoms with Crippen molar-refractivity contribution in [2.45, 2.75) is 25.6 Å². The van der Waals surface area contributed by atoms with E-state index in [2.05, 4.69) is 15.7 Å². The summed E-state index contributed by atoms with van der Waals surface area (Å²) in [7, 11) is 0. The van der Waals surface area contributed by atoms with Crippen LogP contribution in [0.3, 0.4) is 0 Å². The number of hydrazone groups is 1. The number of para-hydroxylation sites is 1. The molecule has 0 fully saturated rings. The van der Waals surface area contributed by atoms with Crippen molar-refractivity contribution in [1.29, 1.82) is 0 Å². The number of thioether (sulfide) groups is 1. The third-order valence-electron chi connectivity index (χ3n) is 4.92. The molecule has 0 unspecified atom stereocenters. The molecule has 0 bridgehead atoms. The summed E-state index contributed by atoms with van der Waals surface area (Å²) in [6, 6.07) is 11.3. The molecule has 2 heterocycles. The van der Waals surface area contributed by atoms with E-state index in [9.17, 15) is 14.9 Å². The van der Waals surface area contributed by atoms with Gasteiger partial charge in [-0.1, -0.05) is 36.9 Å². The van der Waals surface area contributed by atoms with E-state index in [-0.39, 0.29) is 11.6 Å². The molecule has 2 aliphatic rings.